The van der Waals surface area contributed by atoms with Crippen molar-refractivity contribution in [3.8, 4) is 11.6 Å². The van der Waals surface area contributed by atoms with Crippen molar-refractivity contribution in [2.75, 3.05) is 11.8 Å². The van der Waals surface area contributed by atoms with Gasteiger partial charge in [-0.2, -0.15) is 0 Å². The number of hydrogen-bond donors (Lipinski definition) is 2. The Morgan fingerprint density at radius 3 is 2.55 bits per heavy atom. The number of rotatable bonds is 4. The summed E-state index contributed by atoms with van der Waals surface area (Å²) in [4.78, 5) is 3.98. The summed E-state index contributed by atoms with van der Waals surface area (Å²) >= 11 is 3.21. The predicted octanol–water partition coefficient (Wildman–Crippen LogP) is 2.36. The van der Waals surface area contributed by atoms with Crippen LogP contribution in [0, 0.1) is 0 Å². The lowest BCUT2D eigenvalue weighted by Gasteiger charge is -2.11. The molecule has 1 heterocycles. The molecule has 0 radical (unpaired) electrons. The fraction of sp³-hybridized carbons (Fsp3) is 0.0833. The molecule has 0 spiro atoms. The lowest BCUT2D eigenvalue weighted by atomic mass is 10.3. The third-order valence-electron chi connectivity index (χ3n) is 2.40. The van der Waals surface area contributed by atoms with E-state index in [1.54, 1.807) is 6.07 Å². The number of sulfonamides is 1. The Morgan fingerprint density at radius 1 is 1.30 bits per heavy atom. The van der Waals surface area contributed by atoms with Crippen LogP contribution in [0.5, 0.6) is 11.6 Å². The van der Waals surface area contributed by atoms with E-state index < -0.39 is 10.0 Å². The van der Waals surface area contributed by atoms with Crippen LogP contribution < -0.4 is 9.46 Å². The van der Waals surface area contributed by atoms with Crippen molar-refractivity contribution >= 4 is 31.6 Å². The molecule has 2 N–H and O–H groups in total. The van der Waals surface area contributed by atoms with E-state index in [1.165, 1.54) is 37.6 Å². The first-order valence-electron chi connectivity index (χ1n) is 5.44. The van der Waals surface area contributed by atoms with Gasteiger partial charge < -0.3 is 9.84 Å². The van der Waals surface area contributed by atoms with Gasteiger partial charge in [-0.1, -0.05) is 0 Å². The summed E-state index contributed by atoms with van der Waals surface area (Å²) in [7, 11) is -2.38. The highest BCUT2D eigenvalue weighted by atomic mass is 79.9. The number of nitrogens with one attached hydrogen (secondary N) is 1. The Balaban J connectivity index is 2.37. The maximum atomic E-state index is 12.2. The Bertz CT molecular complexity index is 717. The average molecular weight is 359 g/mol. The Morgan fingerprint density at radius 2 is 1.95 bits per heavy atom. The molecule has 8 heteroatoms. The number of hydrogen-bond acceptors (Lipinski definition) is 5. The average Bonchev–Trinajstić information content (AvgIpc) is 2.39. The van der Waals surface area contributed by atoms with E-state index in [2.05, 4.69) is 25.6 Å². The van der Waals surface area contributed by atoms with Crippen LogP contribution in [0.4, 0.5) is 5.69 Å². The number of phenols is 1. The zero-order chi connectivity index (χ0) is 14.8. The number of aromatic hydroxyl groups is 1. The first-order valence-corrected chi connectivity index (χ1v) is 7.71. The Hall–Kier alpha value is -1.80. The van der Waals surface area contributed by atoms with Crippen molar-refractivity contribution < 1.29 is 18.3 Å². The van der Waals surface area contributed by atoms with Gasteiger partial charge >= 0.3 is 0 Å². The number of methoxy groups -OCH3 is 1. The van der Waals surface area contributed by atoms with Gasteiger partial charge in [0.15, 0.2) is 0 Å². The molecule has 0 amide bonds. The standard InChI is InChI=1S/C12H11BrN2O4S/c1-19-12-11(6-8(13)7-14-12)15-20(17,18)10-4-2-9(16)3-5-10/h2-7,15-16H,1H3. The topological polar surface area (TPSA) is 88.5 Å². The first-order chi connectivity index (χ1) is 9.42. The van der Waals surface area contributed by atoms with Gasteiger partial charge in [0.05, 0.1) is 12.0 Å². The van der Waals surface area contributed by atoms with Gasteiger partial charge in [-0.3, -0.25) is 4.72 Å². The third-order valence-corrected chi connectivity index (χ3v) is 4.22. The largest absolute Gasteiger partial charge is 0.508 e. The molecule has 0 aliphatic carbocycles. The SMILES string of the molecule is COc1ncc(Br)cc1NS(=O)(=O)c1ccc(O)cc1. The highest BCUT2D eigenvalue weighted by Crippen LogP contribution is 2.27. The molecule has 20 heavy (non-hydrogen) atoms. The molecule has 1 aromatic carbocycles. The molecule has 2 aromatic rings. The van der Waals surface area contributed by atoms with E-state index in [4.69, 9.17) is 4.74 Å². The highest BCUT2D eigenvalue weighted by Gasteiger charge is 2.17. The van der Waals surface area contributed by atoms with Gasteiger partial charge in [0, 0.05) is 10.7 Å². The molecular formula is C12H11BrN2O4S. The van der Waals surface area contributed by atoms with E-state index in [0.717, 1.165) is 0 Å². The molecule has 0 aliphatic heterocycles. The monoisotopic (exact) mass is 358 g/mol. The van der Waals surface area contributed by atoms with Crippen LogP contribution in [0.1, 0.15) is 0 Å². The van der Waals surface area contributed by atoms with Gasteiger partial charge in [-0.15, -0.1) is 0 Å². The van der Waals surface area contributed by atoms with Crippen LogP contribution in [-0.2, 0) is 10.0 Å². The second-order valence-electron chi connectivity index (χ2n) is 3.81. The summed E-state index contributed by atoms with van der Waals surface area (Å²) < 4.78 is 32.4. The summed E-state index contributed by atoms with van der Waals surface area (Å²) in [5.74, 6) is 0.154. The molecule has 0 aliphatic rings. The van der Waals surface area contributed by atoms with Crippen molar-refractivity contribution in [2.45, 2.75) is 4.90 Å². The van der Waals surface area contributed by atoms with Gasteiger partial charge in [0.25, 0.3) is 10.0 Å². The molecule has 0 saturated carbocycles. The van der Waals surface area contributed by atoms with Crippen LogP contribution in [0.3, 0.4) is 0 Å². The van der Waals surface area contributed by atoms with Gasteiger partial charge in [-0.25, -0.2) is 13.4 Å². The first kappa shape index (κ1) is 14.6. The number of halogens is 1. The molecule has 1 aromatic heterocycles. The molecule has 0 unspecified atom stereocenters. The van der Waals surface area contributed by atoms with Crippen LogP contribution in [0.2, 0.25) is 0 Å². The molecule has 106 valence electrons. The smallest absolute Gasteiger partial charge is 0.262 e. The number of benzene rings is 1. The van der Waals surface area contributed by atoms with Gasteiger partial charge in [0.1, 0.15) is 11.4 Å². The number of ether oxygens (including phenoxy) is 1. The summed E-state index contributed by atoms with van der Waals surface area (Å²) in [5.41, 5.74) is 0.218. The predicted molar refractivity (Wildman–Crippen MR) is 77.4 cm³/mol. The zero-order valence-electron chi connectivity index (χ0n) is 10.4. The lowest BCUT2D eigenvalue weighted by molar-refractivity contribution is 0.400. The highest BCUT2D eigenvalue weighted by molar-refractivity contribution is 9.10. The number of nitrogens with zero attached hydrogens (tertiary/aromatic N) is 1. The number of phenolic OH excluding ortho intramolecular Hbond substituents is 1. The van der Waals surface area contributed by atoms with Crippen LogP contribution in [0.25, 0.3) is 0 Å². The van der Waals surface area contributed by atoms with E-state index in [9.17, 15) is 13.5 Å². The molecule has 2 rings (SSSR count). The Labute approximate surface area is 124 Å². The minimum atomic E-state index is -3.78. The fourth-order valence-electron chi connectivity index (χ4n) is 1.49. The lowest BCUT2D eigenvalue weighted by Crippen LogP contribution is -2.14. The molecule has 0 saturated heterocycles. The maximum Gasteiger partial charge on any atom is 0.262 e. The molecule has 0 atom stereocenters. The van der Waals surface area contributed by atoms with Crippen molar-refractivity contribution in [2.24, 2.45) is 0 Å². The second-order valence-corrected chi connectivity index (χ2v) is 6.41. The van der Waals surface area contributed by atoms with E-state index in [1.807, 2.05) is 0 Å². The van der Waals surface area contributed by atoms with Gasteiger partial charge in [-0.05, 0) is 46.3 Å². The van der Waals surface area contributed by atoms with E-state index in [-0.39, 0.29) is 22.2 Å². The molecule has 0 fully saturated rings. The van der Waals surface area contributed by atoms with Crippen LogP contribution >= 0.6 is 15.9 Å². The van der Waals surface area contributed by atoms with Crippen molar-refractivity contribution in [3.05, 3.63) is 41.0 Å². The van der Waals surface area contributed by atoms with E-state index in [0.29, 0.717) is 4.47 Å². The summed E-state index contributed by atoms with van der Waals surface area (Å²) in [6, 6.07) is 6.74. The quantitative estimate of drug-likeness (QED) is 0.875. The third kappa shape index (κ3) is 3.20. The molecule has 6 nitrogen and oxygen atoms in total. The van der Waals surface area contributed by atoms with Crippen molar-refractivity contribution in [1.29, 1.82) is 0 Å². The molecule has 0 bridgehead atoms. The second kappa shape index (κ2) is 5.68. The van der Waals surface area contributed by atoms with Crippen molar-refractivity contribution in [1.82, 2.24) is 4.98 Å². The maximum absolute atomic E-state index is 12.2. The van der Waals surface area contributed by atoms with Crippen molar-refractivity contribution in [3.63, 3.8) is 0 Å². The fourth-order valence-corrected chi connectivity index (χ4v) is 2.87. The summed E-state index contributed by atoms with van der Waals surface area (Å²) in [6.45, 7) is 0. The number of aromatic nitrogens is 1. The van der Waals surface area contributed by atoms with Gasteiger partial charge in [0.2, 0.25) is 5.88 Å². The summed E-state index contributed by atoms with van der Waals surface area (Å²) in [5, 5.41) is 9.18. The van der Waals surface area contributed by atoms with Crippen LogP contribution in [-0.4, -0.2) is 25.6 Å². The Kier molecular flexibility index (Phi) is 4.15. The van der Waals surface area contributed by atoms with E-state index >= 15 is 0 Å². The normalized spacial score (nSPS) is 11.1. The number of anilines is 1. The molecular weight excluding hydrogens is 348 g/mol. The number of pyridine rings is 1. The van der Waals surface area contributed by atoms with Crippen LogP contribution in [0.15, 0.2) is 45.9 Å². The zero-order valence-corrected chi connectivity index (χ0v) is 12.8. The minimum Gasteiger partial charge on any atom is -0.508 e. The summed E-state index contributed by atoms with van der Waals surface area (Å²) in [6.07, 6.45) is 1.50. The minimum absolute atomic E-state index is 0.00865.